The zero-order valence-electron chi connectivity index (χ0n) is 28.4. The third-order valence-electron chi connectivity index (χ3n) is 11.6. The van der Waals surface area contributed by atoms with E-state index in [0.29, 0.717) is 0 Å². The van der Waals surface area contributed by atoms with Gasteiger partial charge in [0.05, 0.1) is 0 Å². The van der Waals surface area contributed by atoms with Gasteiger partial charge in [-0.3, -0.25) is 0 Å². The van der Waals surface area contributed by atoms with E-state index in [1.165, 1.54) is 82.5 Å². The van der Waals surface area contributed by atoms with Crippen LogP contribution in [-0.2, 0) is 10.8 Å². The number of fused-ring (bicyclic) bond motifs is 13. The zero-order chi connectivity index (χ0) is 33.1. The van der Waals surface area contributed by atoms with E-state index in [4.69, 9.17) is 0 Å². The fourth-order valence-corrected chi connectivity index (χ4v) is 9.39. The maximum atomic E-state index is 2.42. The lowest BCUT2D eigenvalue weighted by Crippen LogP contribution is -2.17. The first-order valence-corrected chi connectivity index (χ1v) is 17.5. The Bertz CT molecular complexity index is 2660. The van der Waals surface area contributed by atoms with Gasteiger partial charge in [0.15, 0.2) is 0 Å². The Morgan fingerprint density at radius 2 is 0.959 bits per heavy atom. The predicted octanol–water partition coefficient (Wildman–Crippen LogP) is 13.2. The highest BCUT2D eigenvalue weighted by Gasteiger charge is 2.40. The fourth-order valence-electron chi connectivity index (χ4n) is 9.39. The molecule has 0 atom stereocenters. The minimum absolute atomic E-state index is 0.0663. The Balaban J connectivity index is 1.17. The molecule has 0 amide bonds. The molecule has 10 rings (SSSR count). The average molecular weight is 628 g/mol. The minimum Gasteiger partial charge on any atom is -0.310 e. The molecule has 0 radical (unpaired) electrons. The van der Waals surface area contributed by atoms with Crippen molar-refractivity contribution < 1.29 is 0 Å². The Labute approximate surface area is 288 Å². The highest BCUT2D eigenvalue weighted by molar-refractivity contribution is 6.19. The molecule has 0 heterocycles. The molecule has 0 saturated heterocycles. The van der Waals surface area contributed by atoms with E-state index in [-0.39, 0.29) is 10.8 Å². The number of rotatable bonds is 3. The quantitative estimate of drug-likeness (QED) is 0.176. The second-order valence-corrected chi connectivity index (χ2v) is 14.9. The van der Waals surface area contributed by atoms with Crippen molar-refractivity contribution in [3.05, 3.63) is 174 Å². The van der Waals surface area contributed by atoms with Crippen LogP contribution in [0.5, 0.6) is 0 Å². The number of hydrogen-bond acceptors (Lipinski definition) is 1. The van der Waals surface area contributed by atoms with Crippen LogP contribution in [-0.4, -0.2) is 0 Å². The van der Waals surface area contributed by atoms with Crippen molar-refractivity contribution in [1.29, 1.82) is 0 Å². The van der Waals surface area contributed by atoms with Crippen LogP contribution < -0.4 is 4.90 Å². The van der Waals surface area contributed by atoms with Crippen LogP contribution >= 0.6 is 0 Å². The molecule has 2 aliphatic rings. The summed E-state index contributed by atoms with van der Waals surface area (Å²) in [4.78, 5) is 2.42. The van der Waals surface area contributed by atoms with Crippen LogP contribution in [0.2, 0.25) is 0 Å². The van der Waals surface area contributed by atoms with Gasteiger partial charge in [-0.1, -0.05) is 143 Å². The lowest BCUT2D eigenvalue weighted by molar-refractivity contribution is 0.660. The van der Waals surface area contributed by atoms with Gasteiger partial charge in [-0.2, -0.15) is 0 Å². The molecule has 0 aromatic heterocycles. The SMILES string of the molecule is CC1(C)c2ccccc2-c2ccc(N(c3ccccc3)c3ccc4c5c(ccc4c3)-c3c(c4ccccc4c4ccccc34)C5(C)C)cc21. The van der Waals surface area contributed by atoms with Gasteiger partial charge >= 0.3 is 0 Å². The third-order valence-corrected chi connectivity index (χ3v) is 11.6. The summed E-state index contributed by atoms with van der Waals surface area (Å²) in [6, 6.07) is 56.5. The fraction of sp³-hybridized carbons (Fsp3) is 0.125. The normalized spacial score (nSPS) is 14.9. The van der Waals surface area contributed by atoms with Crippen LogP contribution in [0.15, 0.2) is 152 Å². The second-order valence-electron chi connectivity index (χ2n) is 14.9. The van der Waals surface area contributed by atoms with Crippen molar-refractivity contribution in [3.8, 4) is 22.3 Å². The lowest BCUT2D eigenvalue weighted by atomic mass is 9.78. The summed E-state index contributed by atoms with van der Waals surface area (Å²) >= 11 is 0. The first-order chi connectivity index (χ1) is 23.8. The van der Waals surface area contributed by atoms with Crippen molar-refractivity contribution in [2.24, 2.45) is 0 Å². The summed E-state index contributed by atoms with van der Waals surface area (Å²) in [5, 5.41) is 7.96. The summed E-state index contributed by atoms with van der Waals surface area (Å²) in [7, 11) is 0. The van der Waals surface area contributed by atoms with Gasteiger partial charge in [-0.25, -0.2) is 0 Å². The minimum atomic E-state index is -0.158. The molecule has 8 aromatic rings. The molecule has 0 fully saturated rings. The Hall–Kier alpha value is -5.66. The van der Waals surface area contributed by atoms with Crippen LogP contribution in [0, 0.1) is 0 Å². The topological polar surface area (TPSA) is 3.24 Å². The van der Waals surface area contributed by atoms with Crippen LogP contribution in [0.3, 0.4) is 0 Å². The molecule has 2 aliphatic carbocycles. The summed E-state index contributed by atoms with van der Waals surface area (Å²) < 4.78 is 0. The van der Waals surface area contributed by atoms with E-state index in [1.807, 2.05) is 0 Å². The molecular formula is C48H37N. The van der Waals surface area contributed by atoms with Gasteiger partial charge in [0.25, 0.3) is 0 Å². The Morgan fingerprint density at radius 1 is 0.367 bits per heavy atom. The van der Waals surface area contributed by atoms with Crippen molar-refractivity contribution in [3.63, 3.8) is 0 Å². The molecule has 0 N–H and O–H groups in total. The van der Waals surface area contributed by atoms with Gasteiger partial charge in [0.2, 0.25) is 0 Å². The molecule has 234 valence electrons. The summed E-state index contributed by atoms with van der Waals surface area (Å²) in [5.41, 5.74) is 14.4. The number of nitrogens with zero attached hydrogens (tertiary/aromatic N) is 1. The zero-order valence-corrected chi connectivity index (χ0v) is 28.4. The van der Waals surface area contributed by atoms with Gasteiger partial charge in [-0.05, 0) is 113 Å². The average Bonchev–Trinajstić information content (AvgIpc) is 3.52. The van der Waals surface area contributed by atoms with Gasteiger partial charge in [-0.15, -0.1) is 0 Å². The molecule has 1 nitrogen and oxygen atoms in total. The van der Waals surface area contributed by atoms with Crippen LogP contribution in [0.4, 0.5) is 17.1 Å². The molecule has 49 heavy (non-hydrogen) atoms. The lowest BCUT2D eigenvalue weighted by Gasteiger charge is -2.29. The standard InChI is InChI=1S/C48H37N/c1-47(2)42-21-13-12-18-37(42)38-27-24-33(29-43(38)47)49(31-14-6-5-7-15-31)32-23-26-34-30(28-32)22-25-41-44-39-19-10-8-16-35(39)36-17-9-11-20-40(36)46(44)48(3,4)45(34)41/h5-29H,1-4H3. The number of hydrogen-bond donors (Lipinski definition) is 0. The first-order valence-electron chi connectivity index (χ1n) is 17.5. The Morgan fingerprint density at radius 3 is 1.76 bits per heavy atom. The highest BCUT2D eigenvalue weighted by Crippen LogP contribution is 2.57. The molecule has 0 unspecified atom stereocenters. The van der Waals surface area contributed by atoms with Crippen molar-refractivity contribution >= 4 is 49.4 Å². The Kier molecular flexibility index (Phi) is 5.75. The molecule has 0 saturated carbocycles. The van der Waals surface area contributed by atoms with Crippen molar-refractivity contribution in [2.45, 2.75) is 38.5 Å². The van der Waals surface area contributed by atoms with Crippen molar-refractivity contribution in [1.82, 2.24) is 0 Å². The van der Waals surface area contributed by atoms with E-state index in [9.17, 15) is 0 Å². The van der Waals surface area contributed by atoms with E-state index >= 15 is 0 Å². The van der Waals surface area contributed by atoms with Crippen LogP contribution in [0.1, 0.15) is 49.9 Å². The number of anilines is 3. The van der Waals surface area contributed by atoms with E-state index in [0.717, 1.165) is 11.4 Å². The van der Waals surface area contributed by atoms with Gasteiger partial charge in [0, 0.05) is 27.9 Å². The van der Waals surface area contributed by atoms with Gasteiger partial charge < -0.3 is 4.90 Å². The smallest absolute Gasteiger partial charge is 0.0468 e. The number of para-hydroxylation sites is 1. The molecule has 0 bridgehead atoms. The van der Waals surface area contributed by atoms with E-state index in [1.54, 1.807) is 0 Å². The van der Waals surface area contributed by atoms with Crippen LogP contribution in [0.25, 0.3) is 54.6 Å². The number of benzene rings is 8. The summed E-state index contributed by atoms with van der Waals surface area (Å²) in [6.45, 7) is 9.56. The van der Waals surface area contributed by atoms with E-state index in [2.05, 4.69) is 184 Å². The largest absolute Gasteiger partial charge is 0.310 e. The molecule has 0 aliphatic heterocycles. The summed E-state index contributed by atoms with van der Waals surface area (Å²) in [6.07, 6.45) is 0. The molecule has 8 aromatic carbocycles. The van der Waals surface area contributed by atoms with Crippen molar-refractivity contribution in [2.75, 3.05) is 4.90 Å². The maximum absolute atomic E-state index is 2.42. The maximum Gasteiger partial charge on any atom is 0.0468 e. The van der Waals surface area contributed by atoms with E-state index < -0.39 is 0 Å². The summed E-state index contributed by atoms with van der Waals surface area (Å²) in [5.74, 6) is 0. The molecule has 1 heteroatoms. The van der Waals surface area contributed by atoms with Gasteiger partial charge in [0.1, 0.15) is 0 Å². The molecular weight excluding hydrogens is 591 g/mol. The third kappa shape index (κ3) is 3.82. The second kappa shape index (κ2) is 9.94. The molecule has 0 spiro atoms. The monoisotopic (exact) mass is 627 g/mol. The first kappa shape index (κ1) is 28.4. The highest BCUT2D eigenvalue weighted by atomic mass is 15.1. The predicted molar refractivity (Wildman–Crippen MR) is 209 cm³/mol.